The van der Waals surface area contributed by atoms with E-state index in [-0.39, 0.29) is 0 Å². The molecular formula is C12H19ClN2. The summed E-state index contributed by atoms with van der Waals surface area (Å²) in [5.74, 6) is 0.600. The molecule has 0 saturated heterocycles. The number of hydrogen-bond acceptors (Lipinski definition) is 2. The summed E-state index contributed by atoms with van der Waals surface area (Å²) in [5, 5.41) is 4.18. The summed E-state index contributed by atoms with van der Waals surface area (Å²) in [4.78, 5) is 0. The molecule has 0 amide bonds. The minimum atomic E-state index is 0.600. The molecule has 0 bridgehead atoms. The molecule has 0 spiro atoms. The second kappa shape index (κ2) is 6.83. The van der Waals surface area contributed by atoms with Gasteiger partial charge < -0.3 is 11.1 Å². The van der Waals surface area contributed by atoms with Gasteiger partial charge in [-0.25, -0.2) is 0 Å². The lowest BCUT2D eigenvalue weighted by Crippen LogP contribution is -2.20. The quantitative estimate of drug-likeness (QED) is 0.732. The topological polar surface area (TPSA) is 38.0 Å². The lowest BCUT2D eigenvalue weighted by Gasteiger charge is -2.09. The molecule has 0 fully saturated rings. The molecule has 3 N–H and O–H groups in total. The normalized spacial score (nSPS) is 12.7. The van der Waals surface area contributed by atoms with Gasteiger partial charge in [0.1, 0.15) is 0 Å². The average Bonchev–Trinajstić information content (AvgIpc) is 2.26. The third-order valence-corrected chi connectivity index (χ3v) is 2.71. The molecule has 0 aromatic heterocycles. The Labute approximate surface area is 96.8 Å². The Kier molecular flexibility index (Phi) is 5.69. The zero-order valence-electron chi connectivity index (χ0n) is 9.17. The number of hydrogen-bond donors (Lipinski definition) is 2. The first kappa shape index (κ1) is 12.5. The molecule has 3 heteroatoms. The molecule has 1 atom stereocenters. The van der Waals surface area contributed by atoms with Crippen molar-refractivity contribution in [1.29, 1.82) is 0 Å². The molecule has 0 saturated carbocycles. The van der Waals surface area contributed by atoms with E-state index < -0.39 is 0 Å². The van der Waals surface area contributed by atoms with Crippen LogP contribution in [0.15, 0.2) is 24.3 Å². The Hall–Kier alpha value is -0.570. The fourth-order valence-corrected chi connectivity index (χ4v) is 1.43. The van der Waals surface area contributed by atoms with Crippen molar-refractivity contribution in [2.75, 3.05) is 13.1 Å². The van der Waals surface area contributed by atoms with E-state index in [1.165, 1.54) is 5.56 Å². The minimum absolute atomic E-state index is 0.600. The van der Waals surface area contributed by atoms with Crippen LogP contribution in [0, 0.1) is 5.92 Å². The highest BCUT2D eigenvalue weighted by Crippen LogP contribution is 2.09. The first-order valence-corrected chi connectivity index (χ1v) is 5.75. The fourth-order valence-electron chi connectivity index (χ4n) is 1.30. The lowest BCUT2D eigenvalue weighted by molar-refractivity contribution is 0.509. The number of nitrogens with one attached hydrogen (secondary N) is 1. The Balaban J connectivity index is 2.17. The Morgan fingerprint density at radius 1 is 1.33 bits per heavy atom. The molecule has 15 heavy (non-hydrogen) atoms. The van der Waals surface area contributed by atoms with Crippen LogP contribution < -0.4 is 11.1 Å². The van der Waals surface area contributed by atoms with Gasteiger partial charge in [-0.1, -0.05) is 30.7 Å². The van der Waals surface area contributed by atoms with Crippen LogP contribution in [0.4, 0.5) is 0 Å². The van der Waals surface area contributed by atoms with Crippen molar-refractivity contribution in [2.45, 2.75) is 19.9 Å². The van der Waals surface area contributed by atoms with E-state index in [0.29, 0.717) is 5.92 Å². The van der Waals surface area contributed by atoms with Crippen molar-refractivity contribution in [2.24, 2.45) is 11.7 Å². The average molecular weight is 227 g/mol. The monoisotopic (exact) mass is 226 g/mol. The van der Waals surface area contributed by atoms with Crippen LogP contribution in [-0.2, 0) is 6.54 Å². The van der Waals surface area contributed by atoms with Crippen molar-refractivity contribution in [3.63, 3.8) is 0 Å². The lowest BCUT2D eigenvalue weighted by atomic mass is 10.1. The number of rotatable bonds is 6. The summed E-state index contributed by atoms with van der Waals surface area (Å²) in [7, 11) is 0. The van der Waals surface area contributed by atoms with Gasteiger partial charge in [-0.3, -0.25) is 0 Å². The first-order valence-electron chi connectivity index (χ1n) is 5.37. The predicted molar refractivity (Wildman–Crippen MR) is 66.0 cm³/mol. The number of halogens is 1. The maximum Gasteiger partial charge on any atom is 0.0406 e. The largest absolute Gasteiger partial charge is 0.330 e. The van der Waals surface area contributed by atoms with Crippen LogP contribution >= 0.6 is 11.6 Å². The molecule has 0 aliphatic rings. The molecule has 1 rings (SSSR count). The van der Waals surface area contributed by atoms with Crippen molar-refractivity contribution in [3.05, 3.63) is 34.9 Å². The molecule has 0 radical (unpaired) electrons. The van der Waals surface area contributed by atoms with Gasteiger partial charge in [-0.2, -0.15) is 0 Å². The van der Waals surface area contributed by atoms with Crippen LogP contribution in [0.2, 0.25) is 5.02 Å². The highest BCUT2D eigenvalue weighted by molar-refractivity contribution is 6.30. The van der Waals surface area contributed by atoms with Crippen molar-refractivity contribution >= 4 is 11.6 Å². The van der Waals surface area contributed by atoms with Crippen LogP contribution in [-0.4, -0.2) is 13.1 Å². The third kappa shape index (κ3) is 5.17. The minimum Gasteiger partial charge on any atom is -0.330 e. The molecule has 0 heterocycles. The maximum absolute atomic E-state index is 5.80. The molecular weight excluding hydrogens is 208 g/mol. The van der Waals surface area contributed by atoms with Gasteiger partial charge in [0.2, 0.25) is 0 Å². The van der Waals surface area contributed by atoms with Gasteiger partial charge in [-0.15, -0.1) is 0 Å². The maximum atomic E-state index is 5.80. The molecule has 84 valence electrons. The number of benzene rings is 1. The van der Waals surface area contributed by atoms with Crippen LogP contribution in [0.1, 0.15) is 18.9 Å². The van der Waals surface area contributed by atoms with Gasteiger partial charge >= 0.3 is 0 Å². The fraction of sp³-hybridized carbons (Fsp3) is 0.500. The molecule has 0 aliphatic heterocycles. The van der Waals surface area contributed by atoms with E-state index >= 15 is 0 Å². The van der Waals surface area contributed by atoms with E-state index in [4.69, 9.17) is 17.3 Å². The second-order valence-corrected chi connectivity index (χ2v) is 4.37. The SMILES string of the molecule is CC(CN)CCNCc1ccc(Cl)cc1. The van der Waals surface area contributed by atoms with Crippen molar-refractivity contribution < 1.29 is 0 Å². The van der Waals surface area contributed by atoms with Gasteiger partial charge in [0, 0.05) is 11.6 Å². The van der Waals surface area contributed by atoms with Crippen molar-refractivity contribution in [3.8, 4) is 0 Å². The molecule has 1 unspecified atom stereocenters. The van der Waals surface area contributed by atoms with Gasteiger partial charge in [0.05, 0.1) is 0 Å². The van der Waals surface area contributed by atoms with E-state index in [1.807, 2.05) is 24.3 Å². The Morgan fingerprint density at radius 2 is 2.00 bits per heavy atom. The summed E-state index contributed by atoms with van der Waals surface area (Å²) in [5.41, 5.74) is 6.80. The van der Waals surface area contributed by atoms with Gasteiger partial charge in [0.15, 0.2) is 0 Å². The molecule has 2 nitrogen and oxygen atoms in total. The van der Waals surface area contributed by atoms with Gasteiger partial charge in [-0.05, 0) is 43.1 Å². The van der Waals surface area contributed by atoms with Gasteiger partial charge in [0.25, 0.3) is 0 Å². The summed E-state index contributed by atoms with van der Waals surface area (Å²) in [6, 6.07) is 7.92. The summed E-state index contributed by atoms with van der Waals surface area (Å²) >= 11 is 5.80. The predicted octanol–water partition coefficient (Wildman–Crippen LogP) is 2.41. The summed E-state index contributed by atoms with van der Waals surface area (Å²) < 4.78 is 0. The van der Waals surface area contributed by atoms with E-state index in [1.54, 1.807) is 0 Å². The third-order valence-electron chi connectivity index (χ3n) is 2.46. The highest BCUT2D eigenvalue weighted by atomic mass is 35.5. The van der Waals surface area contributed by atoms with Crippen molar-refractivity contribution in [1.82, 2.24) is 5.32 Å². The Bertz CT molecular complexity index is 271. The standard InChI is InChI=1S/C12H19ClN2/c1-10(8-14)6-7-15-9-11-2-4-12(13)5-3-11/h2-5,10,15H,6-9,14H2,1H3. The van der Waals surface area contributed by atoms with E-state index in [0.717, 1.165) is 31.1 Å². The summed E-state index contributed by atoms with van der Waals surface area (Å²) in [6.45, 7) is 4.85. The zero-order chi connectivity index (χ0) is 11.1. The summed E-state index contributed by atoms with van der Waals surface area (Å²) in [6.07, 6.45) is 1.13. The second-order valence-electron chi connectivity index (χ2n) is 3.93. The van der Waals surface area contributed by atoms with E-state index in [9.17, 15) is 0 Å². The van der Waals surface area contributed by atoms with Crippen LogP contribution in [0.5, 0.6) is 0 Å². The first-order chi connectivity index (χ1) is 7.22. The highest BCUT2D eigenvalue weighted by Gasteiger charge is 1.98. The van der Waals surface area contributed by atoms with Crippen LogP contribution in [0.25, 0.3) is 0 Å². The smallest absolute Gasteiger partial charge is 0.0406 e. The van der Waals surface area contributed by atoms with E-state index in [2.05, 4.69) is 12.2 Å². The molecule has 0 aliphatic carbocycles. The van der Waals surface area contributed by atoms with Crippen LogP contribution in [0.3, 0.4) is 0 Å². The Morgan fingerprint density at radius 3 is 2.60 bits per heavy atom. The zero-order valence-corrected chi connectivity index (χ0v) is 9.93. The number of nitrogens with two attached hydrogens (primary N) is 1. The molecule has 1 aromatic carbocycles. The molecule has 1 aromatic rings.